The van der Waals surface area contributed by atoms with E-state index in [0.717, 1.165) is 0 Å². The van der Waals surface area contributed by atoms with Gasteiger partial charge < -0.3 is 4.74 Å². The number of esters is 1. The minimum absolute atomic E-state index is 0.103. The number of nitro groups is 1. The molecule has 0 N–H and O–H groups in total. The number of non-ortho nitro benzene ring substituents is 1. The second kappa shape index (κ2) is 7.92. The Morgan fingerprint density at radius 3 is 2.59 bits per heavy atom. The summed E-state index contributed by atoms with van der Waals surface area (Å²) in [4.78, 5) is 31.6. The van der Waals surface area contributed by atoms with Crippen LogP contribution < -0.4 is 0 Å². The van der Waals surface area contributed by atoms with Crippen molar-refractivity contribution in [3.05, 3.63) is 75.4 Å². The predicted molar refractivity (Wildman–Crippen MR) is 101 cm³/mol. The van der Waals surface area contributed by atoms with Crippen molar-refractivity contribution in [2.45, 2.75) is 6.92 Å². The molecule has 3 aromatic rings. The van der Waals surface area contributed by atoms with Gasteiger partial charge in [-0.3, -0.25) is 10.1 Å². The summed E-state index contributed by atoms with van der Waals surface area (Å²) in [6.07, 6.45) is 1.36. The number of ether oxygens (including phenoxy) is 1. The highest BCUT2D eigenvalue weighted by Crippen LogP contribution is 2.28. The van der Waals surface area contributed by atoms with Gasteiger partial charge >= 0.3 is 5.97 Å². The molecule has 8 heteroatoms. The third-order valence-corrected chi connectivity index (χ3v) is 3.97. The maximum Gasteiger partial charge on any atom is 0.341 e. The van der Waals surface area contributed by atoms with Crippen molar-refractivity contribution in [3.63, 3.8) is 0 Å². The Kier molecular flexibility index (Phi) is 5.42. The van der Waals surface area contributed by atoms with Crippen LogP contribution in [0.4, 0.5) is 5.69 Å². The fraction of sp³-hybridized carbons (Fsp3) is 0.105. The molecule has 136 valence electrons. The SMILES string of the molecule is CCOC(=O)c1cnc(-c2ccc(Cl)cc2)nc1-c1cccc([N+](=O)[O-])c1. The van der Waals surface area contributed by atoms with E-state index in [9.17, 15) is 14.9 Å². The molecule has 27 heavy (non-hydrogen) atoms. The Morgan fingerprint density at radius 1 is 1.19 bits per heavy atom. The zero-order valence-electron chi connectivity index (χ0n) is 14.3. The average Bonchev–Trinajstić information content (AvgIpc) is 2.68. The van der Waals surface area contributed by atoms with Crippen molar-refractivity contribution in [2.24, 2.45) is 0 Å². The summed E-state index contributed by atoms with van der Waals surface area (Å²) in [6.45, 7) is 1.88. The minimum Gasteiger partial charge on any atom is -0.462 e. The predicted octanol–water partition coefficient (Wildman–Crippen LogP) is 4.55. The van der Waals surface area contributed by atoms with E-state index in [1.165, 1.54) is 24.4 Å². The Balaban J connectivity index is 2.16. The van der Waals surface area contributed by atoms with E-state index < -0.39 is 10.9 Å². The van der Waals surface area contributed by atoms with E-state index in [0.29, 0.717) is 22.0 Å². The lowest BCUT2D eigenvalue weighted by Crippen LogP contribution is -2.09. The van der Waals surface area contributed by atoms with E-state index in [1.54, 1.807) is 37.3 Å². The number of aromatic nitrogens is 2. The summed E-state index contributed by atoms with van der Waals surface area (Å²) in [5.41, 5.74) is 1.41. The van der Waals surface area contributed by atoms with Gasteiger partial charge in [-0.05, 0) is 31.2 Å². The van der Waals surface area contributed by atoms with Crippen LogP contribution in [-0.4, -0.2) is 27.5 Å². The topological polar surface area (TPSA) is 95.2 Å². The molecule has 0 saturated carbocycles. The fourth-order valence-electron chi connectivity index (χ4n) is 2.46. The zero-order valence-corrected chi connectivity index (χ0v) is 15.0. The van der Waals surface area contributed by atoms with Crippen LogP contribution in [0.2, 0.25) is 5.02 Å². The van der Waals surface area contributed by atoms with Crippen LogP contribution in [0, 0.1) is 10.1 Å². The first kappa shape index (κ1) is 18.5. The molecule has 1 heterocycles. The molecule has 1 aromatic heterocycles. The molecule has 2 aromatic carbocycles. The maximum atomic E-state index is 12.3. The highest BCUT2D eigenvalue weighted by atomic mass is 35.5. The summed E-state index contributed by atoms with van der Waals surface area (Å²) in [6, 6.07) is 12.8. The molecule has 7 nitrogen and oxygen atoms in total. The van der Waals surface area contributed by atoms with Gasteiger partial charge in [0.25, 0.3) is 5.69 Å². The Hall–Kier alpha value is -3.32. The molecule has 0 unspecified atom stereocenters. The van der Waals surface area contributed by atoms with Crippen LogP contribution in [0.3, 0.4) is 0 Å². The zero-order chi connectivity index (χ0) is 19.4. The minimum atomic E-state index is -0.596. The normalized spacial score (nSPS) is 10.4. The summed E-state index contributed by atoms with van der Waals surface area (Å²) in [5.74, 6) is -0.233. The molecule has 0 atom stereocenters. The van der Waals surface area contributed by atoms with Crippen molar-refractivity contribution >= 4 is 23.3 Å². The van der Waals surface area contributed by atoms with Gasteiger partial charge in [-0.1, -0.05) is 23.7 Å². The average molecular weight is 384 g/mol. The first-order valence-electron chi connectivity index (χ1n) is 8.04. The number of rotatable bonds is 5. The van der Waals surface area contributed by atoms with E-state index in [4.69, 9.17) is 16.3 Å². The molecule has 0 aliphatic heterocycles. The van der Waals surface area contributed by atoms with Crippen LogP contribution in [0.25, 0.3) is 22.6 Å². The van der Waals surface area contributed by atoms with Gasteiger partial charge in [0.2, 0.25) is 0 Å². The molecule has 0 radical (unpaired) electrons. The number of carbonyl (C=O) groups excluding carboxylic acids is 1. The summed E-state index contributed by atoms with van der Waals surface area (Å²) < 4.78 is 5.06. The van der Waals surface area contributed by atoms with Crippen LogP contribution in [0.1, 0.15) is 17.3 Å². The number of hydrogen-bond acceptors (Lipinski definition) is 6. The lowest BCUT2D eigenvalue weighted by Gasteiger charge is -2.10. The molecule has 3 rings (SSSR count). The third-order valence-electron chi connectivity index (χ3n) is 3.72. The first-order chi connectivity index (χ1) is 13.0. The monoisotopic (exact) mass is 383 g/mol. The number of nitro benzene ring substituents is 1. The van der Waals surface area contributed by atoms with E-state index in [2.05, 4.69) is 9.97 Å². The van der Waals surface area contributed by atoms with Crippen molar-refractivity contribution < 1.29 is 14.5 Å². The highest BCUT2D eigenvalue weighted by molar-refractivity contribution is 6.30. The highest BCUT2D eigenvalue weighted by Gasteiger charge is 2.19. The maximum absolute atomic E-state index is 12.3. The lowest BCUT2D eigenvalue weighted by atomic mass is 10.1. The summed E-state index contributed by atoms with van der Waals surface area (Å²) in [7, 11) is 0. The molecule has 0 aliphatic carbocycles. The van der Waals surface area contributed by atoms with Crippen molar-refractivity contribution in [3.8, 4) is 22.6 Å². The van der Waals surface area contributed by atoms with Crippen LogP contribution in [-0.2, 0) is 4.74 Å². The molecule has 0 aliphatic rings. The Morgan fingerprint density at radius 2 is 1.93 bits per heavy atom. The molecule has 0 spiro atoms. The van der Waals surface area contributed by atoms with Gasteiger partial charge in [-0.2, -0.15) is 0 Å². The van der Waals surface area contributed by atoms with E-state index in [1.807, 2.05) is 0 Å². The van der Waals surface area contributed by atoms with E-state index >= 15 is 0 Å². The molecule has 0 amide bonds. The van der Waals surface area contributed by atoms with Gasteiger partial charge in [-0.15, -0.1) is 0 Å². The van der Waals surface area contributed by atoms with Gasteiger partial charge in [0.1, 0.15) is 5.56 Å². The second-order valence-corrected chi connectivity index (χ2v) is 5.93. The number of halogens is 1. The molecular formula is C19H14ClN3O4. The number of benzene rings is 2. The standard InChI is InChI=1S/C19H14ClN3O4/c1-2-27-19(24)16-11-21-18(12-6-8-14(20)9-7-12)22-17(16)13-4-3-5-15(10-13)23(25)26/h3-11H,2H2,1H3. The largest absolute Gasteiger partial charge is 0.462 e. The lowest BCUT2D eigenvalue weighted by molar-refractivity contribution is -0.384. The van der Waals surface area contributed by atoms with Crippen LogP contribution in [0.5, 0.6) is 0 Å². The molecule has 0 saturated heterocycles. The third kappa shape index (κ3) is 4.09. The number of nitrogens with zero attached hydrogens (tertiary/aromatic N) is 3. The van der Waals surface area contributed by atoms with Gasteiger partial charge in [-0.25, -0.2) is 14.8 Å². The number of carbonyl (C=O) groups is 1. The van der Waals surface area contributed by atoms with Gasteiger partial charge in [0, 0.05) is 34.5 Å². The van der Waals surface area contributed by atoms with Crippen LogP contribution >= 0.6 is 11.6 Å². The smallest absolute Gasteiger partial charge is 0.341 e. The molecular weight excluding hydrogens is 370 g/mol. The summed E-state index contributed by atoms with van der Waals surface area (Å²) in [5, 5.41) is 11.7. The quantitative estimate of drug-likeness (QED) is 0.364. The van der Waals surface area contributed by atoms with Crippen molar-refractivity contribution in [1.29, 1.82) is 0 Å². The first-order valence-corrected chi connectivity index (χ1v) is 8.42. The van der Waals surface area contributed by atoms with Crippen molar-refractivity contribution in [1.82, 2.24) is 9.97 Å². The van der Waals surface area contributed by atoms with Gasteiger partial charge in [0.05, 0.1) is 17.2 Å². The number of hydrogen-bond donors (Lipinski definition) is 0. The molecule has 0 fully saturated rings. The second-order valence-electron chi connectivity index (χ2n) is 5.49. The molecule has 0 bridgehead atoms. The Labute approximate surface area is 159 Å². The Bertz CT molecular complexity index is 1010. The van der Waals surface area contributed by atoms with Crippen LogP contribution in [0.15, 0.2) is 54.7 Å². The fourth-order valence-corrected chi connectivity index (χ4v) is 2.59. The van der Waals surface area contributed by atoms with Crippen molar-refractivity contribution in [2.75, 3.05) is 6.61 Å². The summed E-state index contributed by atoms with van der Waals surface area (Å²) >= 11 is 5.91. The van der Waals surface area contributed by atoms with Gasteiger partial charge in [0.15, 0.2) is 5.82 Å². The van der Waals surface area contributed by atoms with E-state index in [-0.39, 0.29) is 23.6 Å².